The summed E-state index contributed by atoms with van der Waals surface area (Å²) in [6.45, 7) is 7.38. The number of rotatable bonds is 9. The van der Waals surface area contributed by atoms with Gasteiger partial charge in [0.05, 0.1) is 37.6 Å². The van der Waals surface area contributed by atoms with Gasteiger partial charge in [0.25, 0.3) is 5.89 Å². The number of carbonyl (C=O) groups excluding carboxylic acids is 2. The van der Waals surface area contributed by atoms with Crippen LogP contribution in [0.5, 0.6) is 17.2 Å². The maximum Gasteiger partial charge on any atom is 0.340 e. The third-order valence-electron chi connectivity index (χ3n) is 4.90. The van der Waals surface area contributed by atoms with E-state index in [9.17, 15) is 9.59 Å². The van der Waals surface area contributed by atoms with Gasteiger partial charge in [0.15, 0.2) is 18.1 Å². The zero-order valence-electron chi connectivity index (χ0n) is 20.6. The number of esters is 1. The highest BCUT2D eigenvalue weighted by atomic mass is 16.6. The Kier molecular flexibility index (Phi) is 7.95. The molecule has 186 valence electrons. The average molecular weight is 484 g/mol. The van der Waals surface area contributed by atoms with Crippen LogP contribution in [0.2, 0.25) is 0 Å². The Morgan fingerprint density at radius 3 is 2.37 bits per heavy atom. The van der Waals surface area contributed by atoms with E-state index in [1.54, 1.807) is 32.9 Å². The lowest BCUT2D eigenvalue weighted by atomic mass is 9.95. The first-order valence-electron chi connectivity index (χ1n) is 11.0. The molecule has 0 aliphatic carbocycles. The van der Waals surface area contributed by atoms with Gasteiger partial charge < -0.3 is 28.8 Å². The quantitative estimate of drug-likeness (QED) is 0.438. The zero-order valence-corrected chi connectivity index (χ0v) is 20.6. The highest BCUT2D eigenvalue weighted by molar-refractivity contribution is 6.03. The predicted octanol–water partition coefficient (Wildman–Crippen LogP) is 4.49. The van der Waals surface area contributed by atoms with Gasteiger partial charge in [-0.15, -0.1) is 0 Å². The van der Waals surface area contributed by atoms with Gasteiger partial charge in [0.2, 0.25) is 11.7 Å². The van der Waals surface area contributed by atoms with E-state index in [0.29, 0.717) is 35.2 Å². The second kappa shape index (κ2) is 10.9. The maximum atomic E-state index is 13.0. The van der Waals surface area contributed by atoms with Crippen LogP contribution in [0.3, 0.4) is 0 Å². The number of methoxy groups -OCH3 is 2. The van der Waals surface area contributed by atoms with Gasteiger partial charge in [-0.05, 0) is 19.1 Å². The van der Waals surface area contributed by atoms with Crippen LogP contribution in [0.1, 0.15) is 43.9 Å². The minimum absolute atomic E-state index is 0.0849. The van der Waals surface area contributed by atoms with Crippen LogP contribution in [0.15, 0.2) is 40.9 Å². The van der Waals surface area contributed by atoms with Crippen molar-refractivity contribution in [3.8, 4) is 28.6 Å². The van der Waals surface area contributed by atoms with Gasteiger partial charge >= 0.3 is 5.97 Å². The summed E-state index contributed by atoms with van der Waals surface area (Å²) in [4.78, 5) is 29.9. The molecule has 3 rings (SSSR count). The number of hydrogen-bond donors (Lipinski definition) is 1. The van der Waals surface area contributed by atoms with E-state index < -0.39 is 11.4 Å². The lowest BCUT2D eigenvalue weighted by Gasteiger charge is -2.20. The van der Waals surface area contributed by atoms with Gasteiger partial charge in [0.1, 0.15) is 5.75 Å². The maximum absolute atomic E-state index is 13.0. The third kappa shape index (κ3) is 6.08. The molecule has 1 heterocycles. The fourth-order valence-electron chi connectivity index (χ4n) is 3.02. The minimum Gasteiger partial charge on any atom is -0.493 e. The van der Waals surface area contributed by atoms with E-state index in [0.717, 1.165) is 0 Å². The molecular weight excluding hydrogens is 454 g/mol. The third-order valence-corrected chi connectivity index (χ3v) is 4.90. The predicted molar refractivity (Wildman–Crippen MR) is 128 cm³/mol. The number of benzene rings is 2. The Bertz CT molecular complexity index is 1200. The Morgan fingerprint density at radius 2 is 1.71 bits per heavy atom. The second-order valence-corrected chi connectivity index (χ2v) is 8.47. The van der Waals surface area contributed by atoms with E-state index >= 15 is 0 Å². The molecule has 0 unspecified atom stereocenters. The van der Waals surface area contributed by atoms with Crippen LogP contribution in [-0.4, -0.2) is 42.8 Å². The summed E-state index contributed by atoms with van der Waals surface area (Å²) < 4.78 is 26.9. The monoisotopic (exact) mass is 483 g/mol. The number of aromatic nitrogens is 2. The van der Waals surface area contributed by atoms with E-state index in [2.05, 4.69) is 15.5 Å². The van der Waals surface area contributed by atoms with Gasteiger partial charge in [-0.25, -0.2) is 4.79 Å². The molecule has 0 radical (unpaired) electrons. The van der Waals surface area contributed by atoms with Crippen LogP contribution in [0.25, 0.3) is 11.4 Å². The SMILES string of the molecule is CCOc1ccccc1-c1noc(COC(=O)c2cc(OC)c(OC)cc2NC(=O)C(C)(C)C)n1. The van der Waals surface area contributed by atoms with E-state index in [1.807, 2.05) is 19.1 Å². The molecule has 0 fully saturated rings. The fraction of sp³-hybridized carbons (Fsp3) is 0.360. The summed E-state index contributed by atoms with van der Waals surface area (Å²) in [5.74, 6) is 0.676. The number of ether oxygens (including phenoxy) is 4. The van der Waals surface area contributed by atoms with Crippen molar-refractivity contribution < 1.29 is 33.1 Å². The first-order valence-corrected chi connectivity index (χ1v) is 11.0. The van der Waals surface area contributed by atoms with E-state index in [1.165, 1.54) is 26.4 Å². The molecule has 0 saturated carbocycles. The smallest absolute Gasteiger partial charge is 0.340 e. The number of amides is 1. The van der Waals surface area contributed by atoms with Crippen LogP contribution >= 0.6 is 0 Å². The second-order valence-electron chi connectivity index (χ2n) is 8.47. The molecule has 0 spiro atoms. The van der Waals surface area contributed by atoms with Crippen molar-refractivity contribution in [2.24, 2.45) is 5.41 Å². The molecular formula is C25H29N3O7. The first kappa shape index (κ1) is 25.5. The highest BCUT2D eigenvalue weighted by Crippen LogP contribution is 2.35. The molecule has 0 saturated heterocycles. The number of anilines is 1. The summed E-state index contributed by atoms with van der Waals surface area (Å²) in [6.07, 6.45) is 0. The Hall–Kier alpha value is -4.08. The molecule has 1 amide bonds. The number of hydrogen-bond acceptors (Lipinski definition) is 9. The molecule has 0 atom stereocenters. The molecule has 3 aromatic rings. The molecule has 2 aromatic carbocycles. The number of para-hydroxylation sites is 1. The fourth-order valence-corrected chi connectivity index (χ4v) is 3.02. The summed E-state index contributed by atoms with van der Waals surface area (Å²) in [5, 5.41) is 6.72. The van der Waals surface area contributed by atoms with Crippen LogP contribution in [0.4, 0.5) is 5.69 Å². The Labute approximate surface area is 203 Å². The average Bonchev–Trinajstić information content (AvgIpc) is 3.31. The van der Waals surface area contributed by atoms with Gasteiger partial charge in [-0.3, -0.25) is 4.79 Å². The summed E-state index contributed by atoms with van der Waals surface area (Å²) in [5.41, 5.74) is 0.278. The topological polar surface area (TPSA) is 122 Å². The summed E-state index contributed by atoms with van der Waals surface area (Å²) in [7, 11) is 2.91. The Morgan fingerprint density at radius 1 is 1.03 bits per heavy atom. The number of nitrogens with one attached hydrogen (secondary N) is 1. The van der Waals surface area contributed by atoms with Crippen LogP contribution in [0, 0.1) is 5.41 Å². The van der Waals surface area contributed by atoms with Crippen molar-refractivity contribution in [2.45, 2.75) is 34.3 Å². The molecule has 10 heteroatoms. The number of nitrogens with zero attached hydrogens (tertiary/aromatic N) is 2. The van der Waals surface area contributed by atoms with Crippen molar-refractivity contribution in [1.29, 1.82) is 0 Å². The summed E-state index contributed by atoms with van der Waals surface area (Å²) >= 11 is 0. The lowest BCUT2D eigenvalue weighted by molar-refractivity contribution is -0.123. The lowest BCUT2D eigenvalue weighted by Crippen LogP contribution is -2.28. The van der Waals surface area contributed by atoms with Crippen LogP contribution in [-0.2, 0) is 16.1 Å². The molecule has 0 aliphatic heterocycles. The van der Waals surface area contributed by atoms with Crippen molar-refractivity contribution in [3.63, 3.8) is 0 Å². The molecule has 10 nitrogen and oxygen atoms in total. The van der Waals surface area contributed by atoms with Gasteiger partial charge in [-0.2, -0.15) is 4.98 Å². The molecule has 1 N–H and O–H groups in total. The highest BCUT2D eigenvalue weighted by Gasteiger charge is 2.26. The zero-order chi connectivity index (χ0) is 25.6. The van der Waals surface area contributed by atoms with Crippen molar-refractivity contribution in [1.82, 2.24) is 10.1 Å². The molecule has 35 heavy (non-hydrogen) atoms. The molecule has 0 bridgehead atoms. The van der Waals surface area contributed by atoms with E-state index in [-0.39, 0.29) is 29.7 Å². The molecule has 1 aromatic heterocycles. The minimum atomic E-state index is -0.718. The summed E-state index contributed by atoms with van der Waals surface area (Å²) in [6, 6.07) is 10.2. The first-order chi connectivity index (χ1) is 16.7. The van der Waals surface area contributed by atoms with Gasteiger partial charge in [0, 0.05) is 17.5 Å². The normalized spacial score (nSPS) is 11.0. The van der Waals surface area contributed by atoms with Crippen LogP contribution < -0.4 is 19.5 Å². The van der Waals surface area contributed by atoms with Crippen molar-refractivity contribution in [3.05, 3.63) is 47.9 Å². The standard InChI is InChI=1S/C25H29N3O7/c1-7-33-18-11-9-8-10-15(18)22-27-21(35-28-22)14-34-23(29)16-12-19(31-5)20(32-6)13-17(16)26-24(30)25(2,3)4/h8-13H,7,14H2,1-6H3,(H,26,30). The van der Waals surface area contributed by atoms with Crippen molar-refractivity contribution >= 4 is 17.6 Å². The van der Waals surface area contributed by atoms with E-state index in [4.69, 9.17) is 23.5 Å². The largest absolute Gasteiger partial charge is 0.493 e. The van der Waals surface area contributed by atoms with Gasteiger partial charge in [-0.1, -0.05) is 38.1 Å². The Balaban J connectivity index is 1.82. The molecule has 0 aliphatic rings. The number of carbonyl (C=O) groups is 2. The van der Waals surface area contributed by atoms with Crippen molar-refractivity contribution in [2.75, 3.05) is 26.1 Å².